The summed E-state index contributed by atoms with van der Waals surface area (Å²) in [4.78, 5) is 58.3. The van der Waals surface area contributed by atoms with Crippen LogP contribution in [-0.2, 0) is 14.4 Å². The van der Waals surface area contributed by atoms with E-state index < -0.39 is 17.7 Å². The SMILES string of the molecule is O=C(COc1ccc(Br)cc1[C@H]1c2sc(=O)[nH]c2SC2C1[C@H]1C[C@@H]2C2C(=O)N(c3ccc(F)cc3)C(=O)C21)Nc1ccc(Cl)cc1. The average Bonchev–Trinajstić information content (AvgIpc) is 3.77. The molecular weight excluding hydrogens is 717 g/mol. The molecule has 0 radical (unpaired) electrons. The topological polar surface area (TPSA) is 109 Å². The smallest absolute Gasteiger partial charge is 0.305 e. The summed E-state index contributed by atoms with van der Waals surface area (Å²) in [5.41, 5.74) is 1.77. The molecule has 7 atom stereocenters. The molecule has 1 aromatic heterocycles. The number of rotatable bonds is 6. The van der Waals surface area contributed by atoms with E-state index in [1.165, 1.54) is 29.2 Å². The molecule has 3 aromatic carbocycles. The van der Waals surface area contributed by atoms with Crippen molar-refractivity contribution in [2.45, 2.75) is 22.6 Å². The van der Waals surface area contributed by atoms with Gasteiger partial charge in [0.25, 0.3) is 5.91 Å². The van der Waals surface area contributed by atoms with Crippen molar-refractivity contribution >= 4 is 79.7 Å². The lowest BCUT2D eigenvalue weighted by Crippen LogP contribution is -2.42. The second-order valence-corrected chi connectivity index (χ2v) is 15.5. The van der Waals surface area contributed by atoms with Crippen molar-refractivity contribution in [3.05, 3.63) is 102 Å². The van der Waals surface area contributed by atoms with Gasteiger partial charge in [-0.25, -0.2) is 4.39 Å². The molecule has 3 heterocycles. The summed E-state index contributed by atoms with van der Waals surface area (Å²) in [6, 6.07) is 17.8. The summed E-state index contributed by atoms with van der Waals surface area (Å²) in [6.45, 7) is -0.251. The van der Waals surface area contributed by atoms with Gasteiger partial charge in [-0.05, 0) is 90.9 Å². The fourth-order valence-corrected chi connectivity index (χ4v) is 11.4. The van der Waals surface area contributed by atoms with E-state index in [1.807, 2.05) is 12.1 Å². The molecule has 8 nitrogen and oxygen atoms in total. The molecule has 3 amide bonds. The molecule has 4 aromatic rings. The van der Waals surface area contributed by atoms with Crippen molar-refractivity contribution in [1.29, 1.82) is 0 Å². The van der Waals surface area contributed by atoms with E-state index in [0.717, 1.165) is 37.7 Å². The number of ether oxygens (including phenoxy) is 1. The Morgan fingerprint density at radius 1 is 1.02 bits per heavy atom. The number of nitrogens with zero attached hydrogens (tertiary/aromatic N) is 1. The van der Waals surface area contributed by atoms with Gasteiger partial charge in [0, 0.05) is 36.8 Å². The van der Waals surface area contributed by atoms with E-state index in [0.29, 0.717) is 22.1 Å². The molecule has 4 unspecified atom stereocenters. The maximum absolute atomic E-state index is 14.0. The van der Waals surface area contributed by atoms with Crippen LogP contribution in [0.2, 0.25) is 5.02 Å². The number of imide groups is 1. The number of amides is 3. The van der Waals surface area contributed by atoms with Crippen LogP contribution in [-0.4, -0.2) is 34.6 Å². The van der Waals surface area contributed by atoms with Crippen LogP contribution in [0.15, 0.2) is 81.0 Å². The number of benzene rings is 3. The minimum atomic E-state index is -0.509. The number of anilines is 2. The number of hydrogen-bond acceptors (Lipinski definition) is 7. The van der Waals surface area contributed by atoms with Crippen LogP contribution in [0.1, 0.15) is 22.8 Å². The molecule has 13 heteroatoms. The molecule has 2 bridgehead atoms. The summed E-state index contributed by atoms with van der Waals surface area (Å²) in [5, 5.41) is 4.11. The fraction of sp³-hybridized carbons (Fsp3) is 0.273. The number of thiazole rings is 1. The predicted molar refractivity (Wildman–Crippen MR) is 177 cm³/mol. The maximum atomic E-state index is 14.0. The number of fused-ring (bicyclic) bond motifs is 9. The van der Waals surface area contributed by atoms with Gasteiger partial charge in [-0.1, -0.05) is 38.9 Å². The summed E-state index contributed by atoms with van der Waals surface area (Å²) in [5.74, 6) is -2.35. The van der Waals surface area contributed by atoms with Gasteiger partial charge in [0.15, 0.2) is 6.61 Å². The zero-order valence-corrected chi connectivity index (χ0v) is 27.7. The average molecular weight is 741 g/mol. The molecule has 2 N–H and O–H groups in total. The molecule has 2 aliphatic heterocycles. The highest BCUT2D eigenvalue weighted by atomic mass is 79.9. The van der Waals surface area contributed by atoms with Gasteiger partial charge >= 0.3 is 4.87 Å². The zero-order valence-electron chi connectivity index (χ0n) is 23.7. The number of hydrogen-bond donors (Lipinski definition) is 2. The van der Waals surface area contributed by atoms with Crippen molar-refractivity contribution in [2.75, 3.05) is 16.8 Å². The van der Waals surface area contributed by atoms with Crippen molar-refractivity contribution in [1.82, 2.24) is 4.98 Å². The van der Waals surface area contributed by atoms with E-state index >= 15 is 0 Å². The maximum Gasteiger partial charge on any atom is 0.305 e. The molecule has 3 fully saturated rings. The summed E-state index contributed by atoms with van der Waals surface area (Å²) >= 11 is 12.3. The van der Waals surface area contributed by atoms with Crippen molar-refractivity contribution < 1.29 is 23.5 Å². The summed E-state index contributed by atoms with van der Waals surface area (Å²) in [6.07, 6.45) is 0.718. The lowest BCUT2D eigenvalue weighted by atomic mass is 9.68. The first-order valence-electron chi connectivity index (χ1n) is 14.7. The number of carbonyl (C=O) groups excluding carboxylic acids is 3. The second kappa shape index (κ2) is 11.4. The minimum Gasteiger partial charge on any atom is -0.483 e. The first-order chi connectivity index (χ1) is 22.2. The molecule has 2 saturated carbocycles. The van der Waals surface area contributed by atoms with E-state index in [2.05, 4.69) is 26.2 Å². The normalized spacial score (nSPS) is 27.4. The van der Waals surface area contributed by atoms with E-state index in [4.69, 9.17) is 16.3 Å². The number of aromatic amines is 1. The number of carbonyl (C=O) groups is 3. The molecule has 46 heavy (non-hydrogen) atoms. The molecule has 4 aliphatic rings. The Kier molecular flexibility index (Phi) is 7.39. The standard InChI is InChI=1S/C33H24BrClFN3O5S2/c34-14-1-10-22(44-13-23(40)37-17-6-2-15(35)3-7-17)19(11-14)24-25-20-12-21(28(25)45-30-29(24)46-33(43)38-30)27-26(20)31(41)39(32(27)42)18-8-4-16(36)5-9-18/h1-11,20-21,24-28H,12-13H2,(H,37,40)(H,38,43)/t20-,21-,24-,25?,26?,27?,28?/m1/s1. The van der Waals surface area contributed by atoms with Crippen LogP contribution in [0.5, 0.6) is 5.75 Å². The van der Waals surface area contributed by atoms with Crippen LogP contribution in [0.3, 0.4) is 0 Å². The fourth-order valence-electron chi connectivity index (χ4n) is 7.98. The van der Waals surface area contributed by atoms with Crippen molar-refractivity contribution in [2.24, 2.45) is 29.6 Å². The Morgan fingerprint density at radius 3 is 2.48 bits per heavy atom. The van der Waals surface area contributed by atoms with Gasteiger partial charge in [-0.3, -0.25) is 24.1 Å². The largest absolute Gasteiger partial charge is 0.483 e. The van der Waals surface area contributed by atoms with Gasteiger partial charge in [-0.2, -0.15) is 0 Å². The Labute approximate surface area is 283 Å². The molecular formula is C33H24BrClFN3O5S2. The Balaban J connectivity index is 1.14. The number of nitrogens with one attached hydrogen (secondary N) is 2. The molecule has 0 spiro atoms. The van der Waals surface area contributed by atoms with E-state index in [-0.39, 0.29) is 58.1 Å². The lowest BCUT2D eigenvalue weighted by Gasteiger charge is -2.43. The number of H-pyrrole nitrogens is 1. The van der Waals surface area contributed by atoms with Gasteiger partial charge in [0.2, 0.25) is 11.8 Å². The van der Waals surface area contributed by atoms with E-state index in [9.17, 15) is 23.6 Å². The zero-order chi connectivity index (χ0) is 31.9. The van der Waals surface area contributed by atoms with Crippen molar-refractivity contribution in [3.8, 4) is 5.75 Å². The highest BCUT2D eigenvalue weighted by Gasteiger charge is 2.69. The first-order valence-corrected chi connectivity index (χ1v) is 17.6. The highest BCUT2D eigenvalue weighted by Crippen LogP contribution is 2.69. The molecule has 1 saturated heterocycles. The summed E-state index contributed by atoms with van der Waals surface area (Å²) in [7, 11) is 0. The number of aromatic nitrogens is 1. The Bertz CT molecular complexity index is 1970. The Morgan fingerprint density at radius 2 is 1.74 bits per heavy atom. The predicted octanol–water partition coefficient (Wildman–Crippen LogP) is 6.69. The van der Waals surface area contributed by atoms with Crippen LogP contribution in [0, 0.1) is 35.4 Å². The third kappa shape index (κ3) is 4.83. The lowest BCUT2D eigenvalue weighted by molar-refractivity contribution is -0.123. The quantitative estimate of drug-likeness (QED) is 0.214. The number of halogens is 3. The highest BCUT2D eigenvalue weighted by molar-refractivity contribution is 9.10. The van der Waals surface area contributed by atoms with Crippen LogP contribution >= 0.6 is 50.6 Å². The summed E-state index contributed by atoms with van der Waals surface area (Å²) < 4.78 is 20.6. The molecule has 234 valence electrons. The van der Waals surface area contributed by atoms with Crippen LogP contribution in [0.25, 0.3) is 0 Å². The Hall–Kier alpha value is -3.45. The van der Waals surface area contributed by atoms with Gasteiger partial charge in [0.1, 0.15) is 11.6 Å². The number of thioether (sulfide) groups is 1. The van der Waals surface area contributed by atoms with Crippen LogP contribution in [0.4, 0.5) is 15.8 Å². The van der Waals surface area contributed by atoms with Crippen LogP contribution < -0.4 is 19.8 Å². The van der Waals surface area contributed by atoms with Gasteiger partial charge < -0.3 is 15.0 Å². The molecule has 8 rings (SSSR count). The van der Waals surface area contributed by atoms with E-state index in [1.54, 1.807) is 42.1 Å². The monoisotopic (exact) mass is 739 g/mol. The van der Waals surface area contributed by atoms with Gasteiger partial charge in [0.05, 0.1) is 22.5 Å². The third-order valence-electron chi connectivity index (χ3n) is 9.60. The third-order valence-corrected chi connectivity index (χ3v) is 12.9. The molecule has 2 aliphatic carbocycles. The first kappa shape index (κ1) is 29.9. The van der Waals surface area contributed by atoms with Gasteiger partial charge in [-0.15, -0.1) is 11.8 Å². The van der Waals surface area contributed by atoms with Crippen molar-refractivity contribution in [3.63, 3.8) is 0 Å². The minimum absolute atomic E-state index is 0.0287. The second-order valence-electron chi connectivity index (χ2n) is 12.0.